The summed E-state index contributed by atoms with van der Waals surface area (Å²) in [5.41, 5.74) is 0. The first-order chi connectivity index (χ1) is 7.13. The van der Waals surface area contributed by atoms with Gasteiger partial charge in [-0.3, -0.25) is 4.90 Å². The van der Waals surface area contributed by atoms with Crippen molar-refractivity contribution < 1.29 is 0 Å². The predicted octanol–water partition coefficient (Wildman–Crippen LogP) is 2.49. The number of nitrogens with zero attached hydrogens (tertiary/aromatic N) is 1. The molecule has 0 aromatic carbocycles. The summed E-state index contributed by atoms with van der Waals surface area (Å²) in [5, 5.41) is 3.57. The fourth-order valence-electron chi connectivity index (χ4n) is 2.41. The van der Waals surface area contributed by atoms with E-state index in [1.54, 1.807) is 0 Å². The van der Waals surface area contributed by atoms with Crippen molar-refractivity contribution in [1.29, 1.82) is 0 Å². The second-order valence-corrected chi connectivity index (χ2v) is 5.40. The summed E-state index contributed by atoms with van der Waals surface area (Å²) in [5.74, 6) is 0.852. The molecule has 2 heteroatoms. The van der Waals surface area contributed by atoms with E-state index in [0.717, 1.165) is 12.0 Å². The van der Waals surface area contributed by atoms with E-state index in [1.807, 2.05) is 0 Å². The Hall–Kier alpha value is -0.0800. The van der Waals surface area contributed by atoms with E-state index in [0.29, 0.717) is 6.04 Å². The van der Waals surface area contributed by atoms with Crippen LogP contribution in [0.1, 0.15) is 47.0 Å². The van der Waals surface area contributed by atoms with Crippen molar-refractivity contribution in [2.75, 3.05) is 19.6 Å². The van der Waals surface area contributed by atoms with Gasteiger partial charge in [-0.15, -0.1) is 0 Å². The molecular weight excluding hydrogens is 184 g/mol. The van der Waals surface area contributed by atoms with Crippen molar-refractivity contribution in [3.8, 4) is 0 Å². The van der Waals surface area contributed by atoms with E-state index in [1.165, 1.54) is 38.9 Å². The summed E-state index contributed by atoms with van der Waals surface area (Å²) >= 11 is 0. The van der Waals surface area contributed by atoms with E-state index >= 15 is 0 Å². The van der Waals surface area contributed by atoms with Gasteiger partial charge in [-0.1, -0.05) is 20.8 Å². The Morgan fingerprint density at radius 1 is 1.40 bits per heavy atom. The van der Waals surface area contributed by atoms with Gasteiger partial charge in [-0.05, 0) is 38.6 Å². The van der Waals surface area contributed by atoms with Gasteiger partial charge in [-0.25, -0.2) is 0 Å². The summed E-state index contributed by atoms with van der Waals surface area (Å²) in [6, 6.07) is 1.44. The van der Waals surface area contributed by atoms with Crippen molar-refractivity contribution in [3.05, 3.63) is 0 Å². The Kier molecular flexibility index (Phi) is 5.62. The van der Waals surface area contributed by atoms with Gasteiger partial charge in [0.2, 0.25) is 0 Å². The van der Waals surface area contributed by atoms with Gasteiger partial charge < -0.3 is 5.32 Å². The van der Waals surface area contributed by atoms with E-state index in [2.05, 4.69) is 37.9 Å². The highest BCUT2D eigenvalue weighted by Gasteiger charge is 2.23. The highest BCUT2D eigenvalue weighted by molar-refractivity contribution is 4.83. The van der Waals surface area contributed by atoms with Crippen molar-refractivity contribution in [2.24, 2.45) is 5.92 Å². The minimum absolute atomic E-state index is 0.673. The molecular formula is C13H28N2. The van der Waals surface area contributed by atoms with Gasteiger partial charge in [0.05, 0.1) is 0 Å². The molecule has 1 aliphatic rings. The molecule has 0 aliphatic carbocycles. The summed E-state index contributed by atoms with van der Waals surface area (Å²) in [4.78, 5) is 2.68. The third kappa shape index (κ3) is 4.52. The summed E-state index contributed by atoms with van der Waals surface area (Å²) in [6.07, 6.45) is 4.01. The SMILES string of the molecule is CCC1CNC(C)CN1CCCC(C)C. The normalized spacial score (nSPS) is 28.6. The molecule has 1 saturated heterocycles. The van der Waals surface area contributed by atoms with Crippen LogP contribution >= 0.6 is 0 Å². The Balaban J connectivity index is 2.28. The average molecular weight is 212 g/mol. The second-order valence-electron chi connectivity index (χ2n) is 5.40. The van der Waals surface area contributed by atoms with Crippen LogP contribution in [0.25, 0.3) is 0 Å². The molecule has 1 fully saturated rings. The smallest absolute Gasteiger partial charge is 0.0218 e. The average Bonchev–Trinajstić information content (AvgIpc) is 2.17. The number of hydrogen-bond donors (Lipinski definition) is 1. The molecule has 2 atom stereocenters. The van der Waals surface area contributed by atoms with Crippen LogP contribution in [0.2, 0.25) is 0 Å². The lowest BCUT2D eigenvalue weighted by Gasteiger charge is -2.39. The lowest BCUT2D eigenvalue weighted by atomic mass is 10.0. The van der Waals surface area contributed by atoms with Crippen LogP contribution in [0.3, 0.4) is 0 Å². The molecule has 0 aromatic rings. The molecule has 0 aromatic heterocycles. The van der Waals surface area contributed by atoms with Gasteiger partial charge in [0.15, 0.2) is 0 Å². The largest absolute Gasteiger partial charge is 0.311 e. The predicted molar refractivity (Wildman–Crippen MR) is 67.2 cm³/mol. The number of hydrogen-bond acceptors (Lipinski definition) is 2. The second kappa shape index (κ2) is 6.49. The van der Waals surface area contributed by atoms with Crippen LogP contribution in [0.15, 0.2) is 0 Å². The lowest BCUT2D eigenvalue weighted by Crippen LogP contribution is -2.55. The molecule has 0 radical (unpaired) electrons. The molecule has 1 rings (SSSR count). The molecule has 0 spiro atoms. The lowest BCUT2D eigenvalue weighted by molar-refractivity contribution is 0.128. The Bertz CT molecular complexity index is 168. The number of piperazine rings is 1. The van der Waals surface area contributed by atoms with Gasteiger partial charge >= 0.3 is 0 Å². The van der Waals surface area contributed by atoms with Crippen LogP contribution < -0.4 is 5.32 Å². The van der Waals surface area contributed by atoms with E-state index in [9.17, 15) is 0 Å². The fourth-order valence-corrected chi connectivity index (χ4v) is 2.41. The van der Waals surface area contributed by atoms with E-state index in [4.69, 9.17) is 0 Å². The van der Waals surface area contributed by atoms with Crippen LogP contribution in [0.4, 0.5) is 0 Å². The van der Waals surface area contributed by atoms with Crippen LogP contribution in [-0.4, -0.2) is 36.6 Å². The fraction of sp³-hybridized carbons (Fsp3) is 1.00. The molecule has 0 amide bonds. The van der Waals surface area contributed by atoms with Crippen molar-refractivity contribution in [2.45, 2.75) is 59.0 Å². The van der Waals surface area contributed by atoms with Crippen LogP contribution in [0.5, 0.6) is 0 Å². The molecule has 1 heterocycles. The highest BCUT2D eigenvalue weighted by Crippen LogP contribution is 2.13. The van der Waals surface area contributed by atoms with Gasteiger partial charge in [0.1, 0.15) is 0 Å². The zero-order valence-corrected chi connectivity index (χ0v) is 10.9. The van der Waals surface area contributed by atoms with E-state index in [-0.39, 0.29) is 0 Å². The molecule has 1 aliphatic heterocycles. The Morgan fingerprint density at radius 3 is 2.73 bits per heavy atom. The summed E-state index contributed by atoms with van der Waals surface area (Å²) in [7, 11) is 0. The molecule has 2 nitrogen and oxygen atoms in total. The first-order valence-corrected chi connectivity index (χ1v) is 6.61. The molecule has 90 valence electrons. The van der Waals surface area contributed by atoms with Crippen molar-refractivity contribution in [1.82, 2.24) is 10.2 Å². The molecule has 1 N–H and O–H groups in total. The third-order valence-electron chi connectivity index (χ3n) is 3.42. The van der Waals surface area contributed by atoms with Gasteiger partial charge in [0, 0.05) is 25.2 Å². The minimum Gasteiger partial charge on any atom is -0.311 e. The highest BCUT2D eigenvalue weighted by atomic mass is 15.2. The molecule has 15 heavy (non-hydrogen) atoms. The maximum atomic E-state index is 3.57. The molecule has 2 unspecified atom stereocenters. The Labute approximate surface area is 95.4 Å². The summed E-state index contributed by atoms with van der Waals surface area (Å²) < 4.78 is 0. The van der Waals surface area contributed by atoms with Gasteiger partial charge in [-0.2, -0.15) is 0 Å². The minimum atomic E-state index is 0.673. The maximum Gasteiger partial charge on any atom is 0.0218 e. The van der Waals surface area contributed by atoms with E-state index < -0.39 is 0 Å². The first kappa shape index (κ1) is 13.0. The van der Waals surface area contributed by atoms with Crippen molar-refractivity contribution >= 4 is 0 Å². The standard InChI is InChI=1S/C13H28N2/c1-5-13-9-14-12(4)10-15(13)8-6-7-11(2)3/h11-14H,5-10H2,1-4H3. The van der Waals surface area contributed by atoms with Crippen LogP contribution in [0, 0.1) is 5.92 Å². The quantitative estimate of drug-likeness (QED) is 0.753. The zero-order chi connectivity index (χ0) is 11.3. The first-order valence-electron chi connectivity index (χ1n) is 6.61. The topological polar surface area (TPSA) is 15.3 Å². The number of nitrogens with one attached hydrogen (secondary N) is 1. The van der Waals surface area contributed by atoms with Crippen molar-refractivity contribution in [3.63, 3.8) is 0 Å². The summed E-state index contributed by atoms with van der Waals surface area (Å²) in [6.45, 7) is 12.9. The van der Waals surface area contributed by atoms with Gasteiger partial charge in [0.25, 0.3) is 0 Å². The maximum absolute atomic E-state index is 3.57. The third-order valence-corrected chi connectivity index (χ3v) is 3.42. The number of rotatable bonds is 5. The zero-order valence-electron chi connectivity index (χ0n) is 10.9. The molecule has 0 saturated carbocycles. The Morgan fingerprint density at radius 2 is 2.13 bits per heavy atom. The van der Waals surface area contributed by atoms with Crippen LogP contribution in [-0.2, 0) is 0 Å². The molecule has 0 bridgehead atoms. The monoisotopic (exact) mass is 212 g/mol.